The molecule has 0 bridgehead atoms. The monoisotopic (exact) mass is 455 g/mol. The number of rotatable bonds is 5. The fraction of sp³-hybridized carbons (Fsp3) is 0.214. The number of fused-ring (bicyclic) bond motifs is 1. The highest BCUT2D eigenvalue weighted by molar-refractivity contribution is 6.31. The van der Waals surface area contributed by atoms with Crippen molar-refractivity contribution < 1.29 is 14.0 Å². The fourth-order valence-corrected chi connectivity index (χ4v) is 4.61. The van der Waals surface area contributed by atoms with Crippen molar-refractivity contribution in [2.75, 3.05) is 11.9 Å². The number of hydrogen-bond donors (Lipinski definition) is 2. The SMILES string of the molecule is CC1CCCN1Cc1ccc(N/C=C2\C(=O)NC(=O)c3ccc(-c4ccc(F)cc4)cc32)cc1. The lowest BCUT2D eigenvalue weighted by Gasteiger charge is -2.21. The molecule has 2 heterocycles. The Morgan fingerprint density at radius 2 is 1.71 bits per heavy atom. The molecule has 0 saturated carbocycles. The van der Waals surface area contributed by atoms with Gasteiger partial charge in [0.2, 0.25) is 0 Å². The van der Waals surface area contributed by atoms with Crippen LogP contribution < -0.4 is 10.6 Å². The van der Waals surface area contributed by atoms with Gasteiger partial charge in [0.1, 0.15) is 5.82 Å². The molecule has 3 aromatic carbocycles. The van der Waals surface area contributed by atoms with E-state index in [1.165, 1.54) is 30.5 Å². The van der Waals surface area contributed by atoms with Gasteiger partial charge in [-0.3, -0.25) is 19.8 Å². The first-order valence-electron chi connectivity index (χ1n) is 11.5. The molecular formula is C28H26FN3O2. The van der Waals surface area contributed by atoms with Crippen LogP contribution in [0.5, 0.6) is 0 Å². The second-order valence-corrected chi connectivity index (χ2v) is 8.91. The highest BCUT2D eigenvalue weighted by Crippen LogP contribution is 2.30. The van der Waals surface area contributed by atoms with Gasteiger partial charge in [0.05, 0.1) is 5.57 Å². The summed E-state index contributed by atoms with van der Waals surface area (Å²) in [5, 5.41) is 5.60. The summed E-state index contributed by atoms with van der Waals surface area (Å²) < 4.78 is 13.3. The van der Waals surface area contributed by atoms with Crippen molar-refractivity contribution in [2.45, 2.75) is 32.4 Å². The van der Waals surface area contributed by atoms with Crippen molar-refractivity contribution >= 4 is 23.1 Å². The Morgan fingerprint density at radius 3 is 2.41 bits per heavy atom. The Morgan fingerprint density at radius 1 is 0.971 bits per heavy atom. The van der Waals surface area contributed by atoms with Gasteiger partial charge in [-0.25, -0.2) is 4.39 Å². The second kappa shape index (κ2) is 9.23. The molecule has 1 atom stereocenters. The standard InChI is InChI=1S/C28H26FN3O2/c1-18-3-2-14-32(18)17-19-4-11-23(12-5-19)30-16-26-25-15-21(20-6-9-22(29)10-7-20)8-13-24(25)27(33)31-28(26)34/h4-13,15-16,18,30H,2-3,14,17H2,1H3,(H,31,33,34)/b26-16-. The smallest absolute Gasteiger partial charge is 0.260 e. The molecule has 172 valence electrons. The van der Waals surface area contributed by atoms with Gasteiger partial charge < -0.3 is 5.32 Å². The van der Waals surface area contributed by atoms with Gasteiger partial charge in [-0.2, -0.15) is 0 Å². The van der Waals surface area contributed by atoms with Crippen LogP contribution >= 0.6 is 0 Å². The third kappa shape index (κ3) is 4.50. The lowest BCUT2D eigenvalue weighted by molar-refractivity contribution is -0.114. The van der Waals surface area contributed by atoms with E-state index >= 15 is 0 Å². The maximum Gasteiger partial charge on any atom is 0.260 e. The molecule has 0 radical (unpaired) electrons. The largest absolute Gasteiger partial charge is 0.361 e. The minimum absolute atomic E-state index is 0.318. The Balaban J connectivity index is 1.39. The molecule has 1 fully saturated rings. The first-order chi connectivity index (χ1) is 16.5. The summed E-state index contributed by atoms with van der Waals surface area (Å²) >= 11 is 0. The fourth-order valence-electron chi connectivity index (χ4n) is 4.61. The molecule has 1 unspecified atom stereocenters. The zero-order chi connectivity index (χ0) is 23.7. The van der Waals surface area contributed by atoms with Crippen LogP contribution in [-0.4, -0.2) is 29.3 Å². The molecule has 1 saturated heterocycles. The molecule has 2 N–H and O–H groups in total. The van der Waals surface area contributed by atoms with E-state index in [0.29, 0.717) is 22.7 Å². The van der Waals surface area contributed by atoms with Crippen molar-refractivity contribution in [1.82, 2.24) is 10.2 Å². The van der Waals surface area contributed by atoms with E-state index in [1.54, 1.807) is 36.5 Å². The van der Waals surface area contributed by atoms with Crippen LogP contribution in [0, 0.1) is 5.82 Å². The number of likely N-dealkylation sites (tertiary alicyclic amines) is 1. The maximum absolute atomic E-state index is 13.3. The van der Waals surface area contributed by atoms with E-state index < -0.39 is 11.8 Å². The Kier molecular flexibility index (Phi) is 5.99. The first-order valence-corrected chi connectivity index (χ1v) is 11.5. The van der Waals surface area contributed by atoms with Crippen LogP contribution in [0.1, 0.15) is 41.3 Å². The van der Waals surface area contributed by atoms with Crippen LogP contribution in [-0.2, 0) is 11.3 Å². The number of amides is 2. The zero-order valence-electron chi connectivity index (χ0n) is 19.0. The molecule has 3 aromatic rings. The van der Waals surface area contributed by atoms with Crippen molar-refractivity contribution in [3.63, 3.8) is 0 Å². The molecule has 0 aliphatic carbocycles. The van der Waals surface area contributed by atoms with Crippen molar-refractivity contribution in [2.24, 2.45) is 0 Å². The number of hydrogen-bond acceptors (Lipinski definition) is 4. The van der Waals surface area contributed by atoms with Crippen LogP contribution in [0.4, 0.5) is 10.1 Å². The number of carbonyl (C=O) groups is 2. The lowest BCUT2D eigenvalue weighted by Crippen LogP contribution is -2.36. The molecule has 5 rings (SSSR count). The highest BCUT2D eigenvalue weighted by Gasteiger charge is 2.27. The second-order valence-electron chi connectivity index (χ2n) is 8.91. The molecule has 0 aromatic heterocycles. The van der Waals surface area contributed by atoms with Crippen molar-refractivity contribution in [1.29, 1.82) is 0 Å². The van der Waals surface area contributed by atoms with Crippen LogP contribution in [0.3, 0.4) is 0 Å². The summed E-state index contributed by atoms with van der Waals surface area (Å²) in [5.74, 6) is -1.20. The van der Waals surface area contributed by atoms with E-state index in [0.717, 1.165) is 29.9 Å². The number of anilines is 1. The molecule has 2 aliphatic heterocycles. The summed E-state index contributed by atoms with van der Waals surface area (Å²) in [6.07, 6.45) is 4.14. The van der Waals surface area contributed by atoms with Gasteiger partial charge in [0.15, 0.2) is 0 Å². The first kappa shape index (κ1) is 22.0. The molecule has 34 heavy (non-hydrogen) atoms. The van der Waals surface area contributed by atoms with Gasteiger partial charge in [-0.05, 0) is 79.4 Å². The number of halogens is 1. The quantitative estimate of drug-likeness (QED) is 0.410. The molecule has 5 nitrogen and oxygen atoms in total. The topological polar surface area (TPSA) is 61.4 Å². The molecular weight excluding hydrogens is 429 g/mol. The lowest BCUT2D eigenvalue weighted by atomic mass is 9.91. The van der Waals surface area contributed by atoms with Crippen LogP contribution in [0.2, 0.25) is 0 Å². The van der Waals surface area contributed by atoms with E-state index in [-0.39, 0.29) is 5.82 Å². The predicted molar refractivity (Wildman–Crippen MR) is 131 cm³/mol. The van der Waals surface area contributed by atoms with Crippen molar-refractivity contribution in [3.05, 3.63) is 95.4 Å². The van der Waals surface area contributed by atoms with E-state index in [4.69, 9.17) is 0 Å². The molecule has 2 aliphatic rings. The molecule has 0 spiro atoms. The summed E-state index contributed by atoms with van der Waals surface area (Å²) in [4.78, 5) is 27.5. The average molecular weight is 456 g/mol. The Bertz CT molecular complexity index is 1270. The Labute approximate surface area is 198 Å². The number of benzene rings is 3. The van der Waals surface area contributed by atoms with Gasteiger partial charge in [-0.1, -0.05) is 30.3 Å². The maximum atomic E-state index is 13.3. The summed E-state index contributed by atoms with van der Waals surface area (Å²) in [6.45, 7) is 4.35. The van der Waals surface area contributed by atoms with Gasteiger partial charge in [0.25, 0.3) is 11.8 Å². The number of nitrogens with zero attached hydrogens (tertiary/aromatic N) is 1. The summed E-state index contributed by atoms with van der Waals surface area (Å²) in [7, 11) is 0. The number of nitrogens with one attached hydrogen (secondary N) is 2. The normalized spacial score (nSPS) is 19.2. The predicted octanol–water partition coefficient (Wildman–Crippen LogP) is 5.20. The molecule has 2 amide bonds. The van der Waals surface area contributed by atoms with E-state index in [2.05, 4.69) is 34.6 Å². The Hall–Kier alpha value is -3.77. The zero-order valence-corrected chi connectivity index (χ0v) is 19.0. The van der Waals surface area contributed by atoms with Crippen LogP contribution in [0.25, 0.3) is 16.7 Å². The van der Waals surface area contributed by atoms with Gasteiger partial charge in [0, 0.05) is 35.6 Å². The van der Waals surface area contributed by atoms with Crippen molar-refractivity contribution in [3.8, 4) is 11.1 Å². The highest BCUT2D eigenvalue weighted by atomic mass is 19.1. The average Bonchev–Trinajstić information content (AvgIpc) is 3.24. The number of carbonyl (C=O) groups excluding carboxylic acids is 2. The third-order valence-electron chi connectivity index (χ3n) is 6.62. The van der Waals surface area contributed by atoms with E-state index in [9.17, 15) is 14.0 Å². The van der Waals surface area contributed by atoms with Crippen LogP contribution in [0.15, 0.2) is 72.9 Å². The summed E-state index contributed by atoms with van der Waals surface area (Å²) in [5.41, 5.74) is 5.05. The summed E-state index contributed by atoms with van der Waals surface area (Å²) in [6, 6.07) is 20.2. The van der Waals surface area contributed by atoms with E-state index in [1.807, 2.05) is 12.1 Å². The molecule has 6 heteroatoms. The van der Waals surface area contributed by atoms with Gasteiger partial charge >= 0.3 is 0 Å². The minimum atomic E-state index is -0.458. The third-order valence-corrected chi connectivity index (χ3v) is 6.62. The minimum Gasteiger partial charge on any atom is -0.361 e. The number of imide groups is 1. The van der Waals surface area contributed by atoms with Gasteiger partial charge in [-0.15, -0.1) is 0 Å².